The molecule has 102 valence electrons. The zero-order valence-electron chi connectivity index (χ0n) is 11.1. The van der Waals surface area contributed by atoms with Crippen LogP contribution in [0.15, 0.2) is 40.9 Å². The smallest absolute Gasteiger partial charge is 0.124 e. The third-order valence-corrected chi connectivity index (χ3v) is 3.42. The number of hydrogen-bond acceptors (Lipinski definition) is 4. The number of benzene rings is 2. The van der Waals surface area contributed by atoms with E-state index in [1.165, 1.54) is 0 Å². The molecule has 0 heterocycles. The molecule has 0 spiro atoms. The zero-order valence-corrected chi connectivity index (χ0v) is 12.7. The quantitative estimate of drug-likeness (QED) is 0.916. The van der Waals surface area contributed by atoms with Crippen LogP contribution >= 0.6 is 15.9 Å². The molecule has 0 amide bonds. The number of ether oxygens (including phenoxy) is 2. The van der Waals surface area contributed by atoms with E-state index in [1.807, 2.05) is 30.3 Å². The topological polar surface area (TPSA) is 54.3 Å². The lowest BCUT2D eigenvalue weighted by Crippen LogP contribution is -1.96. The molecule has 5 heteroatoms. The molecule has 0 saturated heterocycles. The van der Waals surface area contributed by atoms with E-state index < -0.39 is 0 Å². The summed E-state index contributed by atoms with van der Waals surface area (Å²) >= 11 is 3.37. The van der Waals surface area contributed by atoms with Crippen LogP contribution in [0.1, 0.15) is 5.56 Å². The van der Waals surface area contributed by atoms with E-state index in [9.17, 15) is 5.26 Å². The fourth-order valence-electron chi connectivity index (χ4n) is 1.78. The predicted molar refractivity (Wildman–Crippen MR) is 81.7 cm³/mol. The summed E-state index contributed by atoms with van der Waals surface area (Å²) in [6, 6.07) is 13.2. The average molecular weight is 333 g/mol. The molecule has 0 fully saturated rings. The van der Waals surface area contributed by atoms with Crippen LogP contribution < -0.4 is 14.8 Å². The maximum Gasteiger partial charge on any atom is 0.124 e. The molecule has 2 aromatic rings. The van der Waals surface area contributed by atoms with Crippen LogP contribution in [0.3, 0.4) is 0 Å². The van der Waals surface area contributed by atoms with E-state index in [1.54, 1.807) is 20.3 Å². The minimum atomic E-state index is 0.550. The van der Waals surface area contributed by atoms with Gasteiger partial charge in [0.1, 0.15) is 17.6 Å². The Balaban J connectivity index is 2.40. The van der Waals surface area contributed by atoms with E-state index >= 15 is 0 Å². The Morgan fingerprint density at radius 2 is 1.75 bits per heavy atom. The van der Waals surface area contributed by atoms with Crippen molar-refractivity contribution in [1.29, 1.82) is 5.26 Å². The van der Waals surface area contributed by atoms with Crippen LogP contribution in [0.2, 0.25) is 0 Å². The first-order chi connectivity index (χ1) is 9.67. The minimum Gasteiger partial charge on any atom is -0.497 e. The summed E-state index contributed by atoms with van der Waals surface area (Å²) in [5, 5.41) is 12.4. The lowest BCUT2D eigenvalue weighted by Gasteiger charge is -2.12. The Morgan fingerprint density at radius 1 is 1.10 bits per heavy atom. The summed E-state index contributed by atoms with van der Waals surface area (Å²) in [6.45, 7) is 0. The summed E-state index contributed by atoms with van der Waals surface area (Å²) in [4.78, 5) is 0. The van der Waals surface area contributed by atoms with Gasteiger partial charge in [0.15, 0.2) is 0 Å². The molecule has 0 saturated carbocycles. The number of rotatable bonds is 4. The first kappa shape index (κ1) is 14.2. The second-order valence-corrected chi connectivity index (χ2v) is 4.85. The molecule has 20 heavy (non-hydrogen) atoms. The highest BCUT2D eigenvalue weighted by Crippen LogP contribution is 2.31. The SMILES string of the molecule is COc1cc(Nc2cccc(Br)c2C#N)cc(OC)c1. The molecule has 0 aromatic heterocycles. The van der Waals surface area contributed by atoms with Gasteiger partial charge in [0.25, 0.3) is 0 Å². The fraction of sp³-hybridized carbons (Fsp3) is 0.133. The summed E-state index contributed by atoms with van der Waals surface area (Å²) in [5.74, 6) is 1.36. The van der Waals surface area contributed by atoms with Crippen LogP contribution in [-0.4, -0.2) is 14.2 Å². The standard InChI is InChI=1S/C15H13BrN2O2/c1-19-11-6-10(7-12(8-11)20-2)18-15-5-3-4-14(16)13(15)9-17/h3-8,18H,1-2H3. The van der Waals surface area contributed by atoms with Gasteiger partial charge in [-0.25, -0.2) is 0 Å². The van der Waals surface area contributed by atoms with Gasteiger partial charge in [0.05, 0.1) is 25.5 Å². The van der Waals surface area contributed by atoms with E-state index in [2.05, 4.69) is 27.3 Å². The molecule has 2 aromatic carbocycles. The first-order valence-electron chi connectivity index (χ1n) is 5.86. The minimum absolute atomic E-state index is 0.550. The van der Waals surface area contributed by atoms with Gasteiger partial charge >= 0.3 is 0 Å². The third kappa shape index (κ3) is 3.03. The third-order valence-electron chi connectivity index (χ3n) is 2.76. The van der Waals surface area contributed by atoms with Crippen molar-refractivity contribution in [3.8, 4) is 17.6 Å². The summed E-state index contributed by atoms with van der Waals surface area (Å²) in [5.41, 5.74) is 2.06. The number of methoxy groups -OCH3 is 2. The normalized spacial score (nSPS) is 9.70. The van der Waals surface area contributed by atoms with Crippen LogP contribution in [0.4, 0.5) is 11.4 Å². The second kappa shape index (κ2) is 6.31. The van der Waals surface area contributed by atoms with Gasteiger partial charge in [-0.05, 0) is 28.1 Å². The molecule has 4 nitrogen and oxygen atoms in total. The lowest BCUT2D eigenvalue weighted by molar-refractivity contribution is 0.395. The summed E-state index contributed by atoms with van der Waals surface area (Å²) < 4.78 is 11.2. The van der Waals surface area contributed by atoms with Crippen molar-refractivity contribution in [1.82, 2.24) is 0 Å². The maximum atomic E-state index is 9.21. The van der Waals surface area contributed by atoms with Crippen molar-refractivity contribution in [3.63, 3.8) is 0 Å². The molecule has 0 aliphatic carbocycles. The molecule has 0 aliphatic heterocycles. The van der Waals surface area contributed by atoms with Gasteiger partial charge in [0.2, 0.25) is 0 Å². The number of nitriles is 1. The monoisotopic (exact) mass is 332 g/mol. The number of nitrogens with zero attached hydrogens (tertiary/aromatic N) is 1. The predicted octanol–water partition coefficient (Wildman–Crippen LogP) is 4.08. The molecular weight excluding hydrogens is 320 g/mol. The Hall–Kier alpha value is -2.19. The van der Waals surface area contributed by atoms with E-state index in [4.69, 9.17) is 9.47 Å². The van der Waals surface area contributed by atoms with E-state index in [0.717, 1.165) is 15.8 Å². The van der Waals surface area contributed by atoms with Crippen LogP contribution in [0.25, 0.3) is 0 Å². The van der Waals surface area contributed by atoms with Crippen molar-refractivity contribution in [2.75, 3.05) is 19.5 Å². The fourth-order valence-corrected chi connectivity index (χ4v) is 2.23. The second-order valence-electron chi connectivity index (χ2n) is 4.00. The van der Waals surface area contributed by atoms with E-state index in [-0.39, 0.29) is 0 Å². The van der Waals surface area contributed by atoms with Crippen LogP contribution in [0, 0.1) is 11.3 Å². The van der Waals surface area contributed by atoms with Crippen molar-refractivity contribution in [2.45, 2.75) is 0 Å². The molecule has 0 unspecified atom stereocenters. The van der Waals surface area contributed by atoms with Crippen LogP contribution in [0.5, 0.6) is 11.5 Å². The highest BCUT2D eigenvalue weighted by molar-refractivity contribution is 9.10. The highest BCUT2D eigenvalue weighted by Gasteiger charge is 2.08. The van der Waals surface area contributed by atoms with Crippen molar-refractivity contribution >= 4 is 27.3 Å². The average Bonchev–Trinajstić information content (AvgIpc) is 2.47. The van der Waals surface area contributed by atoms with Gasteiger partial charge in [-0.3, -0.25) is 0 Å². The molecule has 2 rings (SSSR count). The first-order valence-corrected chi connectivity index (χ1v) is 6.66. The number of halogens is 1. The van der Waals surface area contributed by atoms with Crippen molar-refractivity contribution in [2.24, 2.45) is 0 Å². The molecule has 0 atom stereocenters. The van der Waals surface area contributed by atoms with Crippen molar-refractivity contribution < 1.29 is 9.47 Å². The maximum absolute atomic E-state index is 9.21. The van der Waals surface area contributed by atoms with Gasteiger partial charge in [0, 0.05) is 28.4 Å². The summed E-state index contributed by atoms with van der Waals surface area (Å²) in [7, 11) is 3.19. The molecule has 0 aliphatic rings. The highest BCUT2D eigenvalue weighted by atomic mass is 79.9. The number of hydrogen-bond donors (Lipinski definition) is 1. The molecular formula is C15H13BrN2O2. The van der Waals surface area contributed by atoms with Gasteiger partial charge in [-0.2, -0.15) is 5.26 Å². The van der Waals surface area contributed by atoms with E-state index in [0.29, 0.717) is 17.1 Å². The largest absolute Gasteiger partial charge is 0.497 e. The van der Waals surface area contributed by atoms with Crippen molar-refractivity contribution in [3.05, 3.63) is 46.4 Å². The Kier molecular flexibility index (Phi) is 4.49. The number of nitrogens with one attached hydrogen (secondary N) is 1. The Morgan fingerprint density at radius 3 is 2.30 bits per heavy atom. The summed E-state index contributed by atoms with van der Waals surface area (Å²) in [6.07, 6.45) is 0. The molecule has 0 radical (unpaired) electrons. The van der Waals surface area contributed by atoms with Gasteiger partial charge in [-0.1, -0.05) is 6.07 Å². The van der Waals surface area contributed by atoms with Crippen LogP contribution in [-0.2, 0) is 0 Å². The lowest BCUT2D eigenvalue weighted by atomic mass is 10.2. The van der Waals surface area contributed by atoms with Gasteiger partial charge in [-0.15, -0.1) is 0 Å². The molecule has 1 N–H and O–H groups in total. The Labute approximate surface area is 126 Å². The zero-order chi connectivity index (χ0) is 14.5. The van der Waals surface area contributed by atoms with Gasteiger partial charge < -0.3 is 14.8 Å². The molecule has 0 bridgehead atoms. The Bertz CT molecular complexity index is 643. The number of anilines is 2.